The zero-order chi connectivity index (χ0) is 11.6. The van der Waals surface area contributed by atoms with Gasteiger partial charge in [0.1, 0.15) is 11.4 Å². The maximum atomic E-state index is 11.2. The number of benzene rings is 1. The molecule has 0 spiro atoms. The Bertz CT molecular complexity index is 426. The number of carbonyl (C=O) groups excluding carboxylic acids is 1. The molecule has 6 heteroatoms. The van der Waals surface area contributed by atoms with E-state index in [2.05, 4.69) is 0 Å². The van der Waals surface area contributed by atoms with E-state index >= 15 is 0 Å². The smallest absolute Gasteiger partial charge is 0.324 e. The average Bonchev–Trinajstić information content (AvgIpc) is 1.99. The van der Waals surface area contributed by atoms with Gasteiger partial charge in [0, 0.05) is 5.02 Å². The van der Waals surface area contributed by atoms with Crippen molar-refractivity contribution >= 4 is 25.0 Å². The Labute approximate surface area is 92.0 Å². The Morgan fingerprint density at radius 1 is 1.47 bits per heavy atom. The van der Waals surface area contributed by atoms with Gasteiger partial charge in [0.25, 0.3) is 0 Å². The van der Waals surface area contributed by atoms with Gasteiger partial charge in [-0.1, -0.05) is 23.7 Å². The predicted octanol–water partition coefficient (Wildman–Crippen LogP) is 2.15. The molecule has 0 aliphatic carbocycles. The van der Waals surface area contributed by atoms with Crippen LogP contribution in [0.2, 0.25) is 5.02 Å². The Morgan fingerprint density at radius 3 is 2.47 bits per heavy atom. The first kappa shape index (κ1) is 12.4. The van der Waals surface area contributed by atoms with E-state index in [0.29, 0.717) is 5.02 Å². The third-order valence-corrected chi connectivity index (χ3v) is 3.46. The van der Waals surface area contributed by atoms with Gasteiger partial charge in [-0.05, 0) is 24.6 Å². The van der Waals surface area contributed by atoms with Crippen molar-refractivity contribution in [2.45, 2.75) is 12.6 Å². The molecular weight excluding hydrogens is 239 g/mol. The molecule has 0 amide bonds. The van der Waals surface area contributed by atoms with Gasteiger partial charge in [-0.25, -0.2) is 0 Å². The fraction of sp³-hybridized carbons (Fsp3) is 0.222. The van der Waals surface area contributed by atoms with Crippen molar-refractivity contribution in [3.8, 4) is 0 Å². The van der Waals surface area contributed by atoms with Crippen molar-refractivity contribution in [3.63, 3.8) is 0 Å². The van der Waals surface area contributed by atoms with Crippen LogP contribution < -0.4 is 0 Å². The van der Waals surface area contributed by atoms with E-state index in [1.165, 1.54) is 12.1 Å². The molecule has 0 heterocycles. The maximum absolute atomic E-state index is 11.2. The summed E-state index contributed by atoms with van der Waals surface area (Å²) in [4.78, 5) is 29.2. The lowest BCUT2D eigenvalue weighted by Gasteiger charge is -2.15. The largest absolute Gasteiger partial charge is 0.340 e. The van der Waals surface area contributed by atoms with Crippen LogP contribution in [0, 0.1) is 0 Å². The van der Waals surface area contributed by atoms with Crippen LogP contribution in [0.1, 0.15) is 18.1 Å². The molecule has 4 nitrogen and oxygen atoms in total. The molecule has 0 saturated carbocycles. The van der Waals surface area contributed by atoms with Crippen molar-refractivity contribution in [2.24, 2.45) is 0 Å². The molecule has 82 valence electrons. The van der Waals surface area contributed by atoms with Crippen LogP contribution in [0.5, 0.6) is 0 Å². The van der Waals surface area contributed by atoms with Gasteiger partial charge in [0.05, 0.1) is 0 Å². The standard InChI is InChI=1S/C9H10ClO4P/c1-6(11)9(15(12,13)14)7-3-2-4-8(10)5-7/h2-5,9H,1H3,(H2,12,13,14). The van der Waals surface area contributed by atoms with E-state index in [0.717, 1.165) is 6.92 Å². The molecule has 15 heavy (non-hydrogen) atoms. The highest BCUT2D eigenvalue weighted by Gasteiger charge is 2.34. The lowest BCUT2D eigenvalue weighted by atomic mass is 10.1. The summed E-state index contributed by atoms with van der Waals surface area (Å²) in [6.07, 6.45) is 0. The normalized spacial score (nSPS) is 13.6. The van der Waals surface area contributed by atoms with E-state index in [4.69, 9.17) is 21.4 Å². The van der Waals surface area contributed by atoms with Crippen LogP contribution in [0.3, 0.4) is 0 Å². The van der Waals surface area contributed by atoms with Crippen molar-refractivity contribution in [1.29, 1.82) is 0 Å². The number of hydrogen-bond donors (Lipinski definition) is 2. The van der Waals surface area contributed by atoms with Crippen LogP contribution in [0.15, 0.2) is 24.3 Å². The van der Waals surface area contributed by atoms with Gasteiger partial charge in [0.15, 0.2) is 0 Å². The molecule has 1 atom stereocenters. The van der Waals surface area contributed by atoms with Crippen LogP contribution in [0.25, 0.3) is 0 Å². The predicted molar refractivity (Wildman–Crippen MR) is 56.9 cm³/mol. The summed E-state index contributed by atoms with van der Waals surface area (Å²) < 4.78 is 11.1. The third kappa shape index (κ3) is 3.14. The van der Waals surface area contributed by atoms with E-state index in [1.807, 2.05) is 0 Å². The van der Waals surface area contributed by atoms with E-state index in [-0.39, 0.29) is 5.56 Å². The highest BCUT2D eigenvalue weighted by molar-refractivity contribution is 7.53. The van der Waals surface area contributed by atoms with Gasteiger partial charge >= 0.3 is 7.60 Å². The van der Waals surface area contributed by atoms with Crippen LogP contribution in [0.4, 0.5) is 0 Å². The van der Waals surface area contributed by atoms with Crippen molar-refractivity contribution < 1.29 is 19.1 Å². The summed E-state index contributed by atoms with van der Waals surface area (Å²) in [5.41, 5.74) is -1.18. The molecule has 0 radical (unpaired) electrons. The Hall–Kier alpha value is -0.670. The first-order valence-corrected chi connectivity index (χ1v) is 6.19. The molecule has 0 aliphatic heterocycles. The minimum Gasteiger partial charge on any atom is -0.324 e. The molecule has 0 saturated heterocycles. The maximum Gasteiger partial charge on any atom is 0.340 e. The molecular formula is C9H10ClO4P. The highest BCUT2D eigenvalue weighted by atomic mass is 35.5. The summed E-state index contributed by atoms with van der Waals surface area (Å²) in [5.74, 6) is -0.578. The first-order chi connectivity index (χ1) is 6.82. The molecule has 0 fully saturated rings. The fourth-order valence-corrected chi connectivity index (χ4v) is 2.56. The summed E-state index contributed by atoms with van der Waals surface area (Å²) in [7, 11) is -4.48. The quantitative estimate of drug-likeness (QED) is 0.804. The lowest BCUT2D eigenvalue weighted by Crippen LogP contribution is -2.09. The van der Waals surface area contributed by atoms with E-state index in [9.17, 15) is 9.36 Å². The number of carbonyl (C=O) groups is 1. The minimum atomic E-state index is -4.48. The van der Waals surface area contributed by atoms with Crippen LogP contribution >= 0.6 is 19.2 Å². The molecule has 1 rings (SSSR count). The van der Waals surface area contributed by atoms with Crippen LogP contribution in [-0.2, 0) is 9.36 Å². The lowest BCUT2D eigenvalue weighted by molar-refractivity contribution is -0.117. The third-order valence-electron chi connectivity index (χ3n) is 1.89. The zero-order valence-corrected chi connectivity index (χ0v) is 9.57. The Kier molecular flexibility index (Phi) is 3.68. The number of ketones is 1. The zero-order valence-electron chi connectivity index (χ0n) is 7.92. The molecule has 1 unspecified atom stereocenters. The van der Waals surface area contributed by atoms with Crippen LogP contribution in [-0.4, -0.2) is 15.6 Å². The van der Waals surface area contributed by atoms with E-state index in [1.54, 1.807) is 12.1 Å². The monoisotopic (exact) mass is 248 g/mol. The Balaban J connectivity index is 3.23. The second-order valence-corrected chi connectivity index (χ2v) is 5.29. The molecule has 1 aromatic rings. The second kappa shape index (κ2) is 4.45. The van der Waals surface area contributed by atoms with Gasteiger partial charge in [-0.15, -0.1) is 0 Å². The average molecular weight is 249 g/mol. The second-order valence-electron chi connectivity index (χ2n) is 3.16. The molecule has 0 aliphatic rings. The number of halogens is 1. The highest BCUT2D eigenvalue weighted by Crippen LogP contribution is 2.52. The fourth-order valence-electron chi connectivity index (χ4n) is 1.34. The number of hydrogen-bond acceptors (Lipinski definition) is 2. The van der Waals surface area contributed by atoms with Gasteiger partial charge in [-0.2, -0.15) is 0 Å². The van der Waals surface area contributed by atoms with Gasteiger partial charge in [0.2, 0.25) is 0 Å². The topological polar surface area (TPSA) is 74.6 Å². The van der Waals surface area contributed by atoms with E-state index < -0.39 is 19.0 Å². The number of Topliss-reactive ketones (excluding diaryl/α,β-unsaturated/α-hetero) is 1. The summed E-state index contributed by atoms with van der Waals surface area (Å²) in [6.45, 7) is 1.14. The first-order valence-electron chi connectivity index (χ1n) is 4.13. The van der Waals surface area contributed by atoms with Crippen molar-refractivity contribution in [2.75, 3.05) is 0 Å². The SMILES string of the molecule is CC(=O)C(c1cccc(Cl)c1)P(=O)(O)O. The van der Waals surface area contributed by atoms with Gasteiger partial charge < -0.3 is 9.79 Å². The molecule has 0 bridgehead atoms. The number of rotatable bonds is 3. The van der Waals surface area contributed by atoms with Gasteiger partial charge in [-0.3, -0.25) is 9.36 Å². The Morgan fingerprint density at radius 2 is 2.07 bits per heavy atom. The molecule has 2 N–H and O–H groups in total. The molecule has 0 aromatic heterocycles. The minimum absolute atomic E-state index is 0.239. The summed E-state index contributed by atoms with van der Waals surface area (Å²) in [5, 5.41) is 0.340. The molecule has 1 aromatic carbocycles. The van der Waals surface area contributed by atoms with Crippen molar-refractivity contribution in [1.82, 2.24) is 0 Å². The summed E-state index contributed by atoms with van der Waals surface area (Å²) >= 11 is 5.68. The summed E-state index contributed by atoms with van der Waals surface area (Å²) in [6, 6.07) is 5.97. The van der Waals surface area contributed by atoms with Crippen molar-refractivity contribution in [3.05, 3.63) is 34.9 Å².